The Balaban J connectivity index is 1.68. The van der Waals surface area contributed by atoms with Gasteiger partial charge in [0.25, 0.3) is 5.91 Å². The summed E-state index contributed by atoms with van der Waals surface area (Å²) in [6.45, 7) is -1.14. The molecule has 2 atom stereocenters. The number of aromatic nitrogens is 1. The van der Waals surface area contributed by atoms with Crippen molar-refractivity contribution < 1.29 is 64.7 Å². The number of ether oxygens (including phenoxy) is 3. The number of carbonyl (C=O) groups is 2. The van der Waals surface area contributed by atoms with Crippen LogP contribution in [0.15, 0.2) is 48.5 Å². The van der Waals surface area contributed by atoms with Crippen molar-refractivity contribution in [3.8, 4) is 28.5 Å². The van der Waals surface area contributed by atoms with E-state index in [0.717, 1.165) is 36.4 Å². The number of aliphatic hydroxyl groups excluding tert-OH is 1. The average molecular weight is 690 g/mol. The summed E-state index contributed by atoms with van der Waals surface area (Å²) >= 11 is 0. The standard InChI is InChI=1S/C31H30F7N3O7/c1-2-46-27-18(13-25(39)43)12-23(41-26(27)16-3-6-19(32)7-4-16)29(45,31(36,37)38)15-40-28(44)17-5-10-21(22(11-17)48-20-8-9-20)47-14-24(42)30(33,34)35/h3-7,10-12,20,24,42,45H,2,8-9,13-15H2,1H3,(H2,39,43)(H,40,44)/t24-,29-/m0/s1. The van der Waals surface area contributed by atoms with E-state index < -0.39 is 67.0 Å². The number of nitrogens with zero attached hydrogens (tertiary/aromatic N) is 1. The molecule has 0 saturated heterocycles. The van der Waals surface area contributed by atoms with E-state index >= 15 is 0 Å². The van der Waals surface area contributed by atoms with Crippen LogP contribution in [0, 0.1) is 5.82 Å². The molecule has 1 aliphatic rings. The zero-order valence-corrected chi connectivity index (χ0v) is 25.1. The van der Waals surface area contributed by atoms with Gasteiger partial charge in [-0.1, -0.05) is 0 Å². The first-order valence-corrected chi connectivity index (χ1v) is 14.4. The first kappa shape index (κ1) is 36.2. The van der Waals surface area contributed by atoms with Crippen molar-refractivity contribution in [2.24, 2.45) is 5.73 Å². The van der Waals surface area contributed by atoms with Crippen molar-refractivity contribution in [2.45, 2.75) is 56.3 Å². The van der Waals surface area contributed by atoms with Crippen LogP contribution in [0.5, 0.6) is 17.2 Å². The molecular weight excluding hydrogens is 659 g/mol. The normalized spacial score (nSPS) is 15.3. The highest BCUT2D eigenvalue weighted by atomic mass is 19.4. The first-order chi connectivity index (χ1) is 22.4. The smallest absolute Gasteiger partial charge is 0.424 e. The third-order valence-electron chi connectivity index (χ3n) is 7.02. The highest BCUT2D eigenvalue weighted by Gasteiger charge is 2.57. The minimum absolute atomic E-state index is 0.0141. The minimum Gasteiger partial charge on any atom is -0.491 e. The highest BCUT2D eigenvalue weighted by molar-refractivity contribution is 5.95. The number of halogens is 7. The van der Waals surface area contributed by atoms with E-state index in [1.165, 1.54) is 12.1 Å². The van der Waals surface area contributed by atoms with Crippen molar-refractivity contribution in [3.05, 3.63) is 71.2 Å². The van der Waals surface area contributed by atoms with Gasteiger partial charge in [0.2, 0.25) is 11.5 Å². The van der Waals surface area contributed by atoms with Gasteiger partial charge in [-0.2, -0.15) is 26.3 Å². The molecule has 17 heteroatoms. The lowest BCUT2D eigenvalue weighted by molar-refractivity contribution is -0.265. The zero-order valence-electron chi connectivity index (χ0n) is 25.1. The highest BCUT2D eigenvalue weighted by Crippen LogP contribution is 2.42. The molecule has 1 aromatic heterocycles. The Labute approximate surface area is 268 Å². The third-order valence-corrected chi connectivity index (χ3v) is 7.02. The molecular formula is C31H30F7N3O7. The van der Waals surface area contributed by atoms with Crippen LogP contribution in [0.4, 0.5) is 30.7 Å². The molecule has 5 N–H and O–H groups in total. The Kier molecular flexibility index (Phi) is 10.7. The molecule has 10 nitrogen and oxygen atoms in total. The van der Waals surface area contributed by atoms with Crippen molar-refractivity contribution >= 4 is 11.8 Å². The number of amides is 2. The topological polar surface area (TPSA) is 153 Å². The number of aliphatic hydroxyl groups is 2. The lowest BCUT2D eigenvalue weighted by Crippen LogP contribution is -2.51. The molecule has 1 heterocycles. The predicted octanol–water partition coefficient (Wildman–Crippen LogP) is 4.34. The van der Waals surface area contributed by atoms with Crippen LogP contribution >= 0.6 is 0 Å². The van der Waals surface area contributed by atoms with E-state index in [4.69, 9.17) is 19.9 Å². The van der Waals surface area contributed by atoms with Gasteiger partial charge in [-0.05, 0) is 68.3 Å². The molecule has 0 spiro atoms. The Morgan fingerprint density at radius 2 is 1.69 bits per heavy atom. The molecule has 1 saturated carbocycles. The summed E-state index contributed by atoms with van der Waals surface area (Å²) in [5.41, 5.74) is -0.246. The predicted molar refractivity (Wildman–Crippen MR) is 154 cm³/mol. The summed E-state index contributed by atoms with van der Waals surface area (Å²) in [5, 5.41) is 22.4. The Morgan fingerprint density at radius 1 is 1.02 bits per heavy atom. The van der Waals surface area contributed by atoms with Gasteiger partial charge in [0, 0.05) is 16.7 Å². The second-order valence-electron chi connectivity index (χ2n) is 10.8. The number of nitrogens with one attached hydrogen (secondary N) is 1. The summed E-state index contributed by atoms with van der Waals surface area (Å²) < 4.78 is 112. The molecule has 4 rings (SSSR count). The van der Waals surface area contributed by atoms with E-state index in [9.17, 15) is 50.5 Å². The molecule has 3 aromatic rings. The number of alkyl halides is 6. The minimum atomic E-state index is -5.47. The van der Waals surface area contributed by atoms with Crippen molar-refractivity contribution in [1.29, 1.82) is 0 Å². The SMILES string of the molecule is CCOc1c(CC(N)=O)cc([C@@](O)(CNC(=O)c2ccc(OC[C@H](O)C(F)(F)F)c(OC3CC3)c2)C(F)(F)F)nc1-c1ccc(F)cc1. The molecule has 2 aromatic carbocycles. The van der Waals surface area contributed by atoms with Gasteiger partial charge in [0.15, 0.2) is 17.6 Å². The second kappa shape index (κ2) is 14.2. The van der Waals surface area contributed by atoms with Gasteiger partial charge in [-0.15, -0.1) is 0 Å². The van der Waals surface area contributed by atoms with Crippen LogP contribution in [0.25, 0.3) is 11.3 Å². The van der Waals surface area contributed by atoms with E-state index in [2.05, 4.69) is 4.98 Å². The number of hydrogen-bond acceptors (Lipinski definition) is 8. The number of nitrogens with two attached hydrogens (primary N) is 1. The van der Waals surface area contributed by atoms with Gasteiger partial charge < -0.3 is 35.5 Å². The molecule has 260 valence electrons. The Morgan fingerprint density at radius 3 is 2.25 bits per heavy atom. The zero-order chi connectivity index (χ0) is 35.4. The van der Waals surface area contributed by atoms with Gasteiger partial charge in [0.1, 0.15) is 23.9 Å². The number of rotatable bonds is 14. The van der Waals surface area contributed by atoms with Crippen LogP contribution in [-0.4, -0.2) is 71.3 Å². The molecule has 0 bridgehead atoms. The van der Waals surface area contributed by atoms with Crippen molar-refractivity contribution in [3.63, 3.8) is 0 Å². The Hall–Kier alpha value is -4.64. The summed E-state index contributed by atoms with van der Waals surface area (Å²) in [4.78, 5) is 28.9. The van der Waals surface area contributed by atoms with E-state index in [1.54, 1.807) is 6.92 Å². The van der Waals surface area contributed by atoms with Crippen LogP contribution in [0.3, 0.4) is 0 Å². The fourth-order valence-electron chi connectivity index (χ4n) is 4.36. The maximum Gasteiger partial charge on any atom is 0.424 e. The molecule has 48 heavy (non-hydrogen) atoms. The summed E-state index contributed by atoms with van der Waals surface area (Å²) in [5.74, 6) is -3.35. The lowest BCUT2D eigenvalue weighted by Gasteiger charge is -2.31. The van der Waals surface area contributed by atoms with Gasteiger partial charge in [-0.25, -0.2) is 9.37 Å². The van der Waals surface area contributed by atoms with Crippen LogP contribution in [0.2, 0.25) is 0 Å². The summed E-state index contributed by atoms with van der Waals surface area (Å²) in [6.07, 6.45) is -13.1. The quantitative estimate of drug-likeness (QED) is 0.183. The fraction of sp³-hybridized carbons (Fsp3) is 0.387. The summed E-state index contributed by atoms with van der Waals surface area (Å²) in [6, 6.07) is 8.30. The van der Waals surface area contributed by atoms with E-state index in [0.29, 0.717) is 12.8 Å². The number of benzene rings is 2. The van der Waals surface area contributed by atoms with Crippen LogP contribution < -0.4 is 25.3 Å². The number of carbonyl (C=O) groups excluding carboxylic acids is 2. The summed E-state index contributed by atoms with van der Waals surface area (Å²) in [7, 11) is 0. The molecule has 0 unspecified atom stereocenters. The van der Waals surface area contributed by atoms with Gasteiger partial charge in [-0.3, -0.25) is 9.59 Å². The molecule has 1 fully saturated rings. The number of hydrogen-bond donors (Lipinski definition) is 4. The molecule has 0 aliphatic heterocycles. The molecule has 0 radical (unpaired) electrons. The fourth-order valence-corrected chi connectivity index (χ4v) is 4.36. The molecule has 1 aliphatic carbocycles. The Bertz CT molecular complexity index is 1630. The average Bonchev–Trinajstić information content (AvgIpc) is 3.83. The van der Waals surface area contributed by atoms with Crippen LogP contribution in [0.1, 0.15) is 41.4 Å². The second-order valence-corrected chi connectivity index (χ2v) is 10.8. The first-order valence-electron chi connectivity index (χ1n) is 14.4. The van der Waals surface area contributed by atoms with E-state index in [-0.39, 0.29) is 52.3 Å². The lowest BCUT2D eigenvalue weighted by atomic mass is 9.93. The monoisotopic (exact) mass is 689 g/mol. The maximum absolute atomic E-state index is 14.6. The van der Waals surface area contributed by atoms with Gasteiger partial charge in [0.05, 0.1) is 31.4 Å². The number of primary amides is 1. The van der Waals surface area contributed by atoms with Crippen molar-refractivity contribution in [2.75, 3.05) is 19.8 Å². The van der Waals surface area contributed by atoms with E-state index in [1.807, 2.05) is 5.32 Å². The number of pyridine rings is 1. The third kappa shape index (κ3) is 8.63. The maximum atomic E-state index is 14.6. The molecule has 2 amide bonds. The van der Waals surface area contributed by atoms with Crippen LogP contribution in [-0.2, 0) is 16.8 Å². The largest absolute Gasteiger partial charge is 0.491 e. The van der Waals surface area contributed by atoms with Crippen molar-refractivity contribution in [1.82, 2.24) is 10.3 Å². The van der Waals surface area contributed by atoms with Gasteiger partial charge >= 0.3 is 12.4 Å².